The molecule has 0 saturated carbocycles. The second kappa shape index (κ2) is 4.78. The van der Waals surface area contributed by atoms with Gasteiger partial charge in [-0.1, -0.05) is 6.92 Å². The molecule has 1 unspecified atom stereocenters. The minimum absolute atomic E-state index is 0.148. The second-order valence-electron chi connectivity index (χ2n) is 3.76. The van der Waals surface area contributed by atoms with E-state index in [1.807, 2.05) is 0 Å². The van der Waals surface area contributed by atoms with Crippen molar-refractivity contribution < 1.29 is 9.90 Å². The van der Waals surface area contributed by atoms with Crippen LogP contribution in [0.3, 0.4) is 0 Å². The third-order valence-electron chi connectivity index (χ3n) is 2.34. The smallest absolute Gasteiger partial charge is 0.308 e. The summed E-state index contributed by atoms with van der Waals surface area (Å²) in [5.41, 5.74) is -0.0559. The van der Waals surface area contributed by atoms with E-state index in [4.69, 9.17) is 5.11 Å². The van der Waals surface area contributed by atoms with Crippen molar-refractivity contribution in [1.82, 2.24) is 19.9 Å². The molecule has 2 heterocycles. The summed E-state index contributed by atoms with van der Waals surface area (Å²) in [7, 11) is 0. The van der Waals surface area contributed by atoms with Crippen LogP contribution < -0.4 is 10.9 Å². The van der Waals surface area contributed by atoms with Crippen LogP contribution in [0.5, 0.6) is 0 Å². The molecule has 0 aromatic carbocycles. The Kier molecular flexibility index (Phi) is 3.18. The highest BCUT2D eigenvalue weighted by molar-refractivity contribution is 5.71. The molecule has 18 heavy (non-hydrogen) atoms. The Balaban J connectivity index is 2.25. The number of rotatable bonds is 4. The Labute approximate surface area is 101 Å². The van der Waals surface area contributed by atoms with Gasteiger partial charge in [0.15, 0.2) is 11.2 Å². The van der Waals surface area contributed by atoms with Gasteiger partial charge in [-0.05, 0) is 0 Å². The Morgan fingerprint density at radius 1 is 1.50 bits per heavy atom. The van der Waals surface area contributed by atoms with Gasteiger partial charge in [0.05, 0.1) is 5.92 Å². The molecular weight excluding hydrogens is 238 g/mol. The fraction of sp³-hybridized carbons (Fsp3) is 0.300. The quantitative estimate of drug-likeness (QED) is 0.688. The number of nitrogens with zero attached hydrogens (tertiary/aromatic N) is 3. The normalized spacial score (nSPS) is 12.3. The van der Waals surface area contributed by atoms with E-state index in [0.29, 0.717) is 0 Å². The van der Waals surface area contributed by atoms with Crippen molar-refractivity contribution in [2.75, 3.05) is 11.9 Å². The number of aromatic amines is 1. The van der Waals surface area contributed by atoms with E-state index in [2.05, 4.69) is 25.3 Å². The van der Waals surface area contributed by atoms with Crippen molar-refractivity contribution >= 4 is 23.1 Å². The summed E-state index contributed by atoms with van der Waals surface area (Å²) >= 11 is 0. The summed E-state index contributed by atoms with van der Waals surface area (Å²) in [5, 5.41) is 11.5. The average Bonchev–Trinajstić information content (AvgIpc) is 2.36. The molecule has 3 N–H and O–H groups in total. The molecule has 0 amide bonds. The predicted octanol–water partition coefficient (Wildman–Crippen LogP) is -0.154. The molecular formula is C10H11N5O3. The molecule has 2 aromatic heterocycles. The molecule has 8 heteroatoms. The summed E-state index contributed by atoms with van der Waals surface area (Å²) in [5.74, 6) is -1.33. The highest BCUT2D eigenvalue weighted by Gasteiger charge is 2.11. The molecule has 0 bridgehead atoms. The van der Waals surface area contributed by atoms with Crippen molar-refractivity contribution in [3.8, 4) is 0 Å². The lowest BCUT2D eigenvalue weighted by atomic mass is 10.2. The summed E-state index contributed by atoms with van der Waals surface area (Å²) in [4.78, 5) is 36.5. The average molecular weight is 249 g/mol. The number of hydrogen-bond acceptors (Lipinski definition) is 6. The fourth-order valence-corrected chi connectivity index (χ4v) is 1.29. The van der Waals surface area contributed by atoms with Gasteiger partial charge in [0, 0.05) is 18.9 Å². The van der Waals surface area contributed by atoms with E-state index in [-0.39, 0.29) is 23.7 Å². The van der Waals surface area contributed by atoms with E-state index < -0.39 is 17.4 Å². The third-order valence-corrected chi connectivity index (χ3v) is 2.34. The Bertz CT molecular complexity index is 639. The van der Waals surface area contributed by atoms with Crippen molar-refractivity contribution in [2.45, 2.75) is 6.92 Å². The lowest BCUT2D eigenvalue weighted by molar-refractivity contribution is -0.140. The van der Waals surface area contributed by atoms with Crippen LogP contribution in [0.2, 0.25) is 0 Å². The highest BCUT2D eigenvalue weighted by Crippen LogP contribution is 2.03. The van der Waals surface area contributed by atoms with Crippen molar-refractivity contribution in [3.05, 3.63) is 22.7 Å². The van der Waals surface area contributed by atoms with Crippen LogP contribution in [0.4, 0.5) is 5.95 Å². The van der Waals surface area contributed by atoms with Crippen LogP contribution in [0.15, 0.2) is 17.2 Å². The van der Waals surface area contributed by atoms with Gasteiger partial charge in [-0.3, -0.25) is 14.6 Å². The molecule has 94 valence electrons. The van der Waals surface area contributed by atoms with Crippen LogP contribution >= 0.6 is 0 Å². The first-order chi connectivity index (χ1) is 8.58. The van der Waals surface area contributed by atoms with Crippen molar-refractivity contribution in [2.24, 2.45) is 5.92 Å². The maximum atomic E-state index is 11.6. The maximum absolute atomic E-state index is 11.6. The summed E-state index contributed by atoms with van der Waals surface area (Å²) in [6, 6.07) is 0. The Morgan fingerprint density at radius 3 is 2.94 bits per heavy atom. The number of aromatic nitrogens is 4. The van der Waals surface area contributed by atoms with Crippen molar-refractivity contribution in [1.29, 1.82) is 0 Å². The largest absolute Gasteiger partial charge is 0.481 e. The Hall–Kier alpha value is -2.51. The monoisotopic (exact) mass is 249 g/mol. The summed E-state index contributed by atoms with van der Waals surface area (Å²) in [6.07, 6.45) is 2.83. The number of aliphatic carboxylic acids is 1. The summed E-state index contributed by atoms with van der Waals surface area (Å²) in [6.45, 7) is 1.71. The molecule has 8 nitrogen and oxygen atoms in total. The number of carbonyl (C=O) groups is 1. The first-order valence-corrected chi connectivity index (χ1v) is 5.25. The topological polar surface area (TPSA) is 121 Å². The van der Waals surface area contributed by atoms with E-state index in [1.165, 1.54) is 12.4 Å². The molecule has 0 aliphatic heterocycles. The highest BCUT2D eigenvalue weighted by atomic mass is 16.4. The molecule has 0 fully saturated rings. The van der Waals surface area contributed by atoms with E-state index in [1.54, 1.807) is 6.92 Å². The van der Waals surface area contributed by atoms with E-state index in [0.717, 1.165) is 0 Å². The minimum atomic E-state index is -0.926. The zero-order chi connectivity index (χ0) is 13.1. The lowest BCUT2D eigenvalue weighted by Gasteiger charge is -2.08. The van der Waals surface area contributed by atoms with E-state index >= 15 is 0 Å². The number of H-pyrrole nitrogens is 1. The van der Waals surface area contributed by atoms with Crippen LogP contribution in [-0.4, -0.2) is 37.6 Å². The zero-order valence-electron chi connectivity index (χ0n) is 9.54. The van der Waals surface area contributed by atoms with Crippen LogP contribution in [-0.2, 0) is 4.79 Å². The van der Waals surface area contributed by atoms with E-state index in [9.17, 15) is 9.59 Å². The predicted molar refractivity (Wildman–Crippen MR) is 63.2 cm³/mol. The minimum Gasteiger partial charge on any atom is -0.481 e. The van der Waals surface area contributed by atoms with Gasteiger partial charge in [-0.2, -0.15) is 4.98 Å². The molecule has 2 aromatic rings. The summed E-state index contributed by atoms with van der Waals surface area (Å²) < 4.78 is 0. The molecule has 0 radical (unpaired) electrons. The third kappa shape index (κ3) is 2.42. The second-order valence-corrected chi connectivity index (χ2v) is 3.76. The zero-order valence-corrected chi connectivity index (χ0v) is 9.54. The number of fused-ring (bicyclic) bond motifs is 1. The number of nitrogens with one attached hydrogen (secondary N) is 2. The van der Waals surface area contributed by atoms with Crippen molar-refractivity contribution in [3.63, 3.8) is 0 Å². The maximum Gasteiger partial charge on any atom is 0.308 e. The fourth-order valence-electron chi connectivity index (χ4n) is 1.29. The molecule has 2 rings (SSSR count). The van der Waals surface area contributed by atoms with Crippen LogP contribution in [0.1, 0.15) is 6.92 Å². The van der Waals surface area contributed by atoms with Gasteiger partial charge in [0.1, 0.15) is 0 Å². The standard InChI is InChI=1S/C10H11N5O3/c1-5(9(17)18)4-13-10-14-7-6(8(16)15-10)11-2-3-12-7/h2-3,5H,4H2,1H3,(H,17,18)(H2,12,13,14,15,16). The van der Waals surface area contributed by atoms with Gasteiger partial charge in [-0.25, -0.2) is 9.97 Å². The van der Waals surface area contributed by atoms with Gasteiger partial charge in [0.2, 0.25) is 5.95 Å². The number of carboxylic acids is 1. The van der Waals surface area contributed by atoms with Gasteiger partial charge >= 0.3 is 5.97 Å². The first kappa shape index (κ1) is 12.0. The van der Waals surface area contributed by atoms with Gasteiger partial charge in [-0.15, -0.1) is 0 Å². The van der Waals surface area contributed by atoms with Crippen LogP contribution in [0, 0.1) is 5.92 Å². The first-order valence-electron chi connectivity index (χ1n) is 5.25. The molecule has 0 aliphatic rings. The number of hydrogen-bond donors (Lipinski definition) is 3. The Morgan fingerprint density at radius 2 is 2.22 bits per heavy atom. The lowest BCUT2D eigenvalue weighted by Crippen LogP contribution is -2.22. The van der Waals surface area contributed by atoms with Crippen LogP contribution in [0.25, 0.3) is 11.2 Å². The number of anilines is 1. The van der Waals surface area contributed by atoms with Gasteiger partial charge < -0.3 is 10.4 Å². The molecule has 0 spiro atoms. The molecule has 0 saturated heterocycles. The van der Waals surface area contributed by atoms with Gasteiger partial charge in [0.25, 0.3) is 5.56 Å². The molecule has 1 atom stereocenters. The SMILES string of the molecule is CC(CNc1nc2nccnc2c(=O)[nH]1)C(=O)O. The number of carboxylic acid groups (broad SMARTS) is 1. The molecule has 0 aliphatic carbocycles.